The minimum Gasteiger partial charge on any atom is -0.487 e. The molecule has 0 spiro atoms. The van der Waals surface area contributed by atoms with Crippen LogP contribution in [-0.2, 0) is 17.4 Å². The van der Waals surface area contributed by atoms with Crippen molar-refractivity contribution < 1.29 is 13.7 Å². The van der Waals surface area contributed by atoms with Crippen molar-refractivity contribution in [3.8, 4) is 5.75 Å². The molecule has 1 amide bonds. The van der Waals surface area contributed by atoms with Crippen LogP contribution in [0.4, 0.5) is 0 Å². The summed E-state index contributed by atoms with van der Waals surface area (Å²) >= 11 is 0. The first-order chi connectivity index (χ1) is 11.6. The third kappa shape index (κ3) is 4.20. The van der Waals surface area contributed by atoms with Crippen molar-refractivity contribution in [2.24, 2.45) is 0 Å². The maximum absolute atomic E-state index is 12.5. The fraction of sp³-hybridized carbons (Fsp3) is 0.333. The second-order valence-corrected chi connectivity index (χ2v) is 7.46. The summed E-state index contributed by atoms with van der Waals surface area (Å²) in [6, 6.07) is 11.2. The highest BCUT2D eigenvalue weighted by molar-refractivity contribution is 7.85. The van der Waals surface area contributed by atoms with E-state index < -0.39 is 10.8 Å². The number of hydrogen-bond acceptors (Lipinski definition) is 4. The molecule has 5 nitrogen and oxygen atoms in total. The molecular weight excluding hydrogens is 324 g/mol. The molecule has 24 heavy (non-hydrogen) atoms. The molecule has 6 heteroatoms. The molecule has 126 valence electrons. The average Bonchev–Trinajstić information content (AvgIpc) is 2.61. The Morgan fingerprint density at radius 1 is 1.25 bits per heavy atom. The van der Waals surface area contributed by atoms with Gasteiger partial charge in [-0.1, -0.05) is 12.1 Å². The van der Waals surface area contributed by atoms with E-state index in [9.17, 15) is 9.00 Å². The van der Waals surface area contributed by atoms with Gasteiger partial charge in [0.05, 0.1) is 6.20 Å². The minimum atomic E-state index is -0.784. The van der Waals surface area contributed by atoms with Gasteiger partial charge in [-0.3, -0.25) is 14.0 Å². The number of hydrogen-bond donors (Lipinski definition) is 0. The van der Waals surface area contributed by atoms with Crippen LogP contribution >= 0.6 is 0 Å². The highest BCUT2D eigenvalue weighted by Gasteiger charge is 2.21. The Kier molecular flexibility index (Phi) is 5.25. The molecule has 0 saturated carbocycles. The predicted octanol–water partition coefficient (Wildman–Crippen LogP) is 2.17. The summed E-state index contributed by atoms with van der Waals surface area (Å²) in [5, 5.41) is 0. The van der Waals surface area contributed by atoms with Crippen LogP contribution in [0.2, 0.25) is 0 Å². The molecule has 0 atom stereocenters. The van der Waals surface area contributed by atoms with Crippen molar-refractivity contribution in [2.45, 2.75) is 13.5 Å². The number of aromatic nitrogens is 1. The molecule has 1 aliphatic rings. The summed E-state index contributed by atoms with van der Waals surface area (Å²) in [5.74, 6) is 1.82. The van der Waals surface area contributed by atoms with Gasteiger partial charge in [0.25, 0.3) is 5.91 Å². The smallest absolute Gasteiger partial charge is 0.253 e. The van der Waals surface area contributed by atoms with Gasteiger partial charge in [0, 0.05) is 46.7 Å². The lowest BCUT2D eigenvalue weighted by molar-refractivity contribution is 0.0771. The van der Waals surface area contributed by atoms with E-state index in [4.69, 9.17) is 4.74 Å². The normalized spacial score (nSPS) is 15.3. The summed E-state index contributed by atoms with van der Waals surface area (Å²) in [4.78, 5) is 18.5. The number of aryl methyl sites for hydroxylation is 1. The van der Waals surface area contributed by atoms with Crippen LogP contribution in [0, 0.1) is 6.92 Å². The molecule has 2 heterocycles. The second-order valence-electron chi connectivity index (χ2n) is 5.76. The van der Waals surface area contributed by atoms with Crippen molar-refractivity contribution in [2.75, 3.05) is 24.6 Å². The molecule has 1 aromatic carbocycles. The SMILES string of the molecule is Cc1ccc(OCc2cccc(C(=O)N3CCS(=O)CC3)c2)cn1. The van der Waals surface area contributed by atoms with E-state index in [1.54, 1.807) is 11.1 Å². The Balaban J connectivity index is 1.64. The largest absolute Gasteiger partial charge is 0.487 e. The first-order valence-corrected chi connectivity index (χ1v) is 9.39. The Bertz CT molecular complexity index is 736. The summed E-state index contributed by atoms with van der Waals surface area (Å²) in [6.45, 7) is 3.42. The minimum absolute atomic E-state index is 0.00875. The Morgan fingerprint density at radius 2 is 2.04 bits per heavy atom. The zero-order chi connectivity index (χ0) is 16.9. The molecule has 0 bridgehead atoms. The molecule has 0 radical (unpaired) electrons. The van der Waals surface area contributed by atoms with E-state index in [2.05, 4.69) is 4.98 Å². The number of amides is 1. The Hall–Kier alpha value is -2.21. The lowest BCUT2D eigenvalue weighted by atomic mass is 10.1. The van der Waals surface area contributed by atoms with E-state index in [1.165, 1.54) is 0 Å². The van der Waals surface area contributed by atoms with Crippen molar-refractivity contribution in [1.82, 2.24) is 9.88 Å². The fourth-order valence-corrected chi connectivity index (χ4v) is 3.58. The zero-order valence-electron chi connectivity index (χ0n) is 13.6. The summed E-state index contributed by atoms with van der Waals surface area (Å²) in [5.41, 5.74) is 2.52. The number of carbonyl (C=O) groups excluding carboxylic acids is 1. The fourth-order valence-electron chi connectivity index (χ4n) is 2.52. The standard InChI is InChI=1S/C18H20N2O3S/c1-14-5-6-17(12-19-14)23-13-15-3-2-4-16(11-15)18(21)20-7-9-24(22)10-8-20/h2-6,11-12H,7-10,13H2,1H3. The van der Waals surface area contributed by atoms with Gasteiger partial charge in [0.15, 0.2) is 0 Å². The number of carbonyl (C=O) groups is 1. The third-order valence-corrected chi connectivity index (χ3v) is 5.20. The zero-order valence-corrected chi connectivity index (χ0v) is 14.4. The first-order valence-electron chi connectivity index (χ1n) is 7.90. The highest BCUT2D eigenvalue weighted by atomic mass is 32.2. The second kappa shape index (κ2) is 7.57. The van der Waals surface area contributed by atoms with Gasteiger partial charge in [-0.25, -0.2) is 0 Å². The topological polar surface area (TPSA) is 59.5 Å². The van der Waals surface area contributed by atoms with E-state index >= 15 is 0 Å². The Morgan fingerprint density at radius 3 is 2.75 bits per heavy atom. The number of ether oxygens (including phenoxy) is 1. The summed E-state index contributed by atoms with van der Waals surface area (Å²) in [7, 11) is -0.784. The molecule has 1 fully saturated rings. The molecule has 3 rings (SSSR count). The van der Waals surface area contributed by atoms with Gasteiger partial charge in [-0.15, -0.1) is 0 Å². The molecule has 0 aliphatic carbocycles. The van der Waals surface area contributed by atoms with Crippen LogP contribution < -0.4 is 4.74 Å². The Labute approximate surface area is 144 Å². The van der Waals surface area contributed by atoms with Crippen molar-refractivity contribution in [3.63, 3.8) is 0 Å². The summed E-state index contributed by atoms with van der Waals surface area (Å²) < 4.78 is 17.1. The van der Waals surface area contributed by atoms with E-state index in [-0.39, 0.29) is 5.91 Å². The quantitative estimate of drug-likeness (QED) is 0.853. The van der Waals surface area contributed by atoms with Crippen LogP contribution in [0.15, 0.2) is 42.6 Å². The van der Waals surface area contributed by atoms with Gasteiger partial charge in [0.2, 0.25) is 0 Å². The van der Waals surface area contributed by atoms with Crippen molar-refractivity contribution >= 4 is 16.7 Å². The lowest BCUT2D eigenvalue weighted by Gasteiger charge is -2.26. The van der Waals surface area contributed by atoms with Crippen LogP contribution in [-0.4, -0.2) is 44.6 Å². The van der Waals surface area contributed by atoms with Gasteiger partial charge < -0.3 is 9.64 Å². The summed E-state index contributed by atoms with van der Waals surface area (Å²) in [6.07, 6.45) is 1.69. The van der Waals surface area contributed by atoms with Gasteiger partial charge in [-0.05, 0) is 36.8 Å². The highest BCUT2D eigenvalue weighted by Crippen LogP contribution is 2.14. The van der Waals surface area contributed by atoms with E-state index in [0.717, 1.165) is 11.3 Å². The van der Waals surface area contributed by atoms with Crippen LogP contribution in [0.3, 0.4) is 0 Å². The number of nitrogens with zero attached hydrogens (tertiary/aromatic N) is 2. The molecular formula is C18H20N2O3S. The van der Waals surface area contributed by atoms with Gasteiger partial charge in [0.1, 0.15) is 12.4 Å². The molecule has 1 aliphatic heterocycles. The number of rotatable bonds is 4. The molecule has 2 aromatic rings. The third-order valence-electron chi connectivity index (χ3n) is 3.93. The van der Waals surface area contributed by atoms with Crippen LogP contribution in [0.5, 0.6) is 5.75 Å². The van der Waals surface area contributed by atoms with Gasteiger partial charge >= 0.3 is 0 Å². The van der Waals surface area contributed by atoms with E-state index in [1.807, 2.05) is 43.3 Å². The predicted molar refractivity (Wildman–Crippen MR) is 93.5 cm³/mol. The van der Waals surface area contributed by atoms with Crippen LogP contribution in [0.1, 0.15) is 21.6 Å². The average molecular weight is 344 g/mol. The maximum atomic E-state index is 12.5. The lowest BCUT2D eigenvalue weighted by Crippen LogP contribution is -2.41. The van der Waals surface area contributed by atoms with Crippen molar-refractivity contribution in [1.29, 1.82) is 0 Å². The maximum Gasteiger partial charge on any atom is 0.253 e. The van der Waals surface area contributed by atoms with Crippen LogP contribution in [0.25, 0.3) is 0 Å². The monoisotopic (exact) mass is 344 g/mol. The molecule has 0 N–H and O–H groups in total. The molecule has 0 unspecified atom stereocenters. The van der Waals surface area contributed by atoms with Crippen molar-refractivity contribution in [3.05, 3.63) is 59.4 Å². The van der Waals surface area contributed by atoms with E-state index in [0.29, 0.717) is 42.5 Å². The molecule has 1 saturated heterocycles. The number of pyridine rings is 1. The molecule has 1 aromatic heterocycles. The number of benzene rings is 1. The first kappa shape index (κ1) is 16.6. The van der Waals surface area contributed by atoms with Gasteiger partial charge in [-0.2, -0.15) is 0 Å².